The Morgan fingerprint density at radius 2 is 1.44 bits per heavy atom. The van der Waals surface area contributed by atoms with Crippen LogP contribution in [0.2, 0.25) is 0 Å². The zero-order valence-electron chi connectivity index (χ0n) is 19.3. The number of benzene rings is 3. The highest BCUT2D eigenvalue weighted by Crippen LogP contribution is 2.38. The molecule has 2 heterocycles. The van der Waals surface area contributed by atoms with Crippen molar-refractivity contribution in [3.63, 3.8) is 0 Å². The molecule has 0 aliphatic carbocycles. The van der Waals surface area contributed by atoms with Gasteiger partial charge in [0.15, 0.2) is 0 Å². The molecule has 0 aromatic heterocycles. The maximum atomic E-state index is 13.8. The standard InChI is InChI=1S/C28H26N2O4/c1-33-22-13-9-19(10-14-22)18-30-27(31)25(21-11-15-23(34-2)16-12-21)26(28(30)32)29-17-5-7-20-6-3-4-8-24(20)29/h3-4,6,8-16H,5,7,17-18H2,1-2H3. The second kappa shape index (κ2) is 9.06. The normalized spacial score (nSPS) is 15.6. The number of methoxy groups -OCH3 is 2. The van der Waals surface area contributed by atoms with Gasteiger partial charge in [0.2, 0.25) is 0 Å². The smallest absolute Gasteiger partial charge is 0.278 e. The number of ether oxygens (including phenoxy) is 2. The molecule has 2 amide bonds. The number of carbonyl (C=O) groups is 2. The minimum Gasteiger partial charge on any atom is -0.497 e. The number of anilines is 1. The van der Waals surface area contributed by atoms with E-state index < -0.39 is 0 Å². The fourth-order valence-corrected chi connectivity index (χ4v) is 4.65. The second-order valence-electron chi connectivity index (χ2n) is 8.38. The van der Waals surface area contributed by atoms with Crippen molar-refractivity contribution in [1.82, 2.24) is 4.90 Å². The van der Waals surface area contributed by atoms with Gasteiger partial charge in [-0.1, -0.05) is 42.5 Å². The van der Waals surface area contributed by atoms with Crippen LogP contribution >= 0.6 is 0 Å². The van der Waals surface area contributed by atoms with E-state index in [0.29, 0.717) is 29.1 Å². The van der Waals surface area contributed by atoms with Gasteiger partial charge >= 0.3 is 0 Å². The summed E-state index contributed by atoms with van der Waals surface area (Å²) >= 11 is 0. The highest BCUT2D eigenvalue weighted by molar-refractivity contribution is 6.36. The minimum absolute atomic E-state index is 0.195. The molecule has 172 valence electrons. The fraction of sp³-hybridized carbons (Fsp3) is 0.214. The molecular weight excluding hydrogens is 428 g/mol. The van der Waals surface area contributed by atoms with Crippen LogP contribution in [0.3, 0.4) is 0 Å². The molecule has 2 aliphatic heterocycles. The van der Waals surface area contributed by atoms with Crippen LogP contribution in [0.1, 0.15) is 23.1 Å². The number of fused-ring (bicyclic) bond motifs is 1. The quantitative estimate of drug-likeness (QED) is 0.516. The zero-order valence-corrected chi connectivity index (χ0v) is 19.3. The highest BCUT2D eigenvalue weighted by atomic mass is 16.5. The average molecular weight is 455 g/mol. The molecule has 0 unspecified atom stereocenters. The van der Waals surface area contributed by atoms with Gasteiger partial charge in [0.25, 0.3) is 11.8 Å². The Morgan fingerprint density at radius 1 is 0.794 bits per heavy atom. The lowest BCUT2D eigenvalue weighted by Gasteiger charge is -2.32. The number of imide groups is 1. The Morgan fingerprint density at radius 3 is 2.12 bits per heavy atom. The van der Waals surface area contributed by atoms with E-state index >= 15 is 0 Å². The van der Waals surface area contributed by atoms with Crippen molar-refractivity contribution in [2.24, 2.45) is 0 Å². The number of aryl methyl sites for hydroxylation is 1. The molecule has 0 atom stereocenters. The van der Waals surface area contributed by atoms with Crippen LogP contribution in [0.4, 0.5) is 5.69 Å². The predicted molar refractivity (Wildman–Crippen MR) is 131 cm³/mol. The number of rotatable bonds is 6. The summed E-state index contributed by atoms with van der Waals surface area (Å²) in [4.78, 5) is 30.9. The van der Waals surface area contributed by atoms with Gasteiger partial charge < -0.3 is 14.4 Å². The Balaban J connectivity index is 1.58. The monoisotopic (exact) mass is 454 g/mol. The van der Waals surface area contributed by atoms with Crippen molar-refractivity contribution < 1.29 is 19.1 Å². The highest BCUT2D eigenvalue weighted by Gasteiger charge is 2.42. The van der Waals surface area contributed by atoms with Gasteiger partial charge in [-0.2, -0.15) is 0 Å². The lowest BCUT2D eigenvalue weighted by molar-refractivity contribution is -0.137. The first-order chi connectivity index (χ1) is 16.6. The summed E-state index contributed by atoms with van der Waals surface area (Å²) in [6.07, 6.45) is 1.87. The van der Waals surface area contributed by atoms with Crippen molar-refractivity contribution in [2.75, 3.05) is 25.7 Å². The molecule has 3 aromatic carbocycles. The van der Waals surface area contributed by atoms with Gasteiger partial charge in [0, 0.05) is 12.2 Å². The summed E-state index contributed by atoms with van der Waals surface area (Å²) in [5, 5.41) is 0. The number of nitrogens with zero attached hydrogens (tertiary/aromatic N) is 2. The molecule has 0 spiro atoms. The molecule has 0 bridgehead atoms. The minimum atomic E-state index is -0.288. The molecule has 5 rings (SSSR count). The van der Waals surface area contributed by atoms with E-state index in [9.17, 15) is 9.59 Å². The maximum absolute atomic E-state index is 13.8. The SMILES string of the molecule is COc1ccc(CN2C(=O)C(c3ccc(OC)cc3)=C(N3CCCc4ccccc43)C2=O)cc1. The van der Waals surface area contributed by atoms with Gasteiger partial charge in [0.05, 0.1) is 26.3 Å². The maximum Gasteiger partial charge on any atom is 0.278 e. The Hall–Kier alpha value is -4.06. The Bertz CT molecular complexity index is 1260. The molecule has 0 saturated heterocycles. The molecule has 34 heavy (non-hydrogen) atoms. The third kappa shape index (κ3) is 3.81. The molecule has 0 fully saturated rings. The number of hydrogen-bond donors (Lipinski definition) is 0. The van der Waals surface area contributed by atoms with E-state index in [4.69, 9.17) is 9.47 Å². The van der Waals surface area contributed by atoms with Crippen molar-refractivity contribution in [2.45, 2.75) is 19.4 Å². The van der Waals surface area contributed by atoms with Crippen LogP contribution in [0, 0.1) is 0 Å². The fourth-order valence-electron chi connectivity index (χ4n) is 4.65. The summed E-state index contributed by atoms with van der Waals surface area (Å²) < 4.78 is 10.5. The number of para-hydroxylation sites is 1. The number of hydrogen-bond acceptors (Lipinski definition) is 5. The average Bonchev–Trinajstić information content (AvgIpc) is 3.13. The summed E-state index contributed by atoms with van der Waals surface area (Å²) in [6, 6.07) is 22.8. The van der Waals surface area contributed by atoms with Crippen molar-refractivity contribution in [3.05, 3.63) is 95.2 Å². The van der Waals surface area contributed by atoms with Crippen LogP contribution in [-0.4, -0.2) is 37.5 Å². The van der Waals surface area contributed by atoms with E-state index in [1.165, 1.54) is 10.5 Å². The first kappa shape index (κ1) is 21.8. The van der Waals surface area contributed by atoms with Gasteiger partial charge in [-0.15, -0.1) is 0 Å². The lowest BCUT2D eigenvalue weighted by atomic mass is 9.98. The number of amides is 2. The predicted octanol–water partition coefficient (Wildman–Crippen LogP) is 4.44. The van der Waals surface area contributed by atoms with Crippen LogP contribution < -0.4 is 14.4 Å². The summed E-state index contributed by atoms with van der Waals surface area (Å²) in [7, 11) is 3.21. The van der Waals surface area contributed by atoms with Gasteiger partial charge in [-0.3, -0.25) is 14.5 Å². The van der Waals surface area contributed by atoms with E-state index in [0.717, 1.165) is 29.8 Å². The van der Waals surface area contributed by atoms with Gasteiger partial charge in [-0.05, 0) is 59.9 Å². The summed E-state index contributed by atoms with van der Waals surface area (Å²) in [5.74, 6) is 0.860. The molecule has 0 radical (unpaired) electrons. The topological polar surface area (TPSA) is 59.1 Å². The van der Waals surface area contributed by atoms with Gasteiger partial charge in [0.1, 0.15) is 17.2 Å². The molecule has 6 heteroatoms. The third-order valence-electron chi connectivity index (χ3n) is 6.40. The molecule has 0 saturated carbocycles. The largest absolute Gasteiger partial charge is 0.497 e. The summed E-state index contributed by atoms with van der Waals surface area (Å²) in [5.41, 5.74) is 4.60. The molecular formula is C28H26N2O4. The summed E-state index contributed by atoms with van der Waals surface area (Å²) in [6.45, 7) is 0.877. The van der Waals surface area contributed by atoms with E-state index in [1.807, 2.05) is 71.6 Å². The molecule has 3 aromatic rings. The number of carbonyl (C=O) groups excluding carboxylic acids is 2. The van der Waals surface area contributed by atoms with Crippen molar-refractivity contribution in [1.29, 1.82) is 0 Å². The van der Waals surface area contributed by atoms with Crippen LogP contribution in [0.25, 0.3) is 5.57 Å². The first-order valence-electron chi connectivity index (χ1n) is 11.3. The lowest BCUT2D eigenvalue weighted by Crippen LogP contribution is -2.36. The van der Waals surface area contributed by atoms with Crippen LogP contribution in [0.5, 0.6) is 11.5 Å². The zero-order chi connectivity index (χ0) is 23.7. The molecule has 6 nitrogen and oxygen atoms in total. The van der Waals surface area contributed by atoms with Gasteiger partial charge in [-0.25, -0.2) is 0 Å². The third-order valence-corrected chi connectivity index (χ3v) is 6.40. The Labute approximate surface area is 199 Å². The first-order valence-corrected chi connectivity index (χ1v) is 11.3. The second-order valence-corrected chi connectivity index (χ2v) is 8.38. The molecule has 0 N–H and O–H groups in total. The van der Waals surface area contributed by atoms with E-state index in [1.54, 1.807) is 14.2 Å². The van der Waals surface area contributed by atoms with Crippen LogP contribution in [0.15, 0.2) is 78.5 Å². The Kier molecular flexibility index (Phi) is 5.80. The van der Waals surface area contributed by atoms with E-state index in [-0.39, 0.29) is 18.4 Å². The molecule has 2 aliphatic rings. The van der Waals surface area contributed by atoms with Crippen LogP contribution in [-0.2, 0) is 22.6 Å². The van der Waals surface area contributed by atoms with E-state index in [2.05, 4.69) is 6.07 Å². The van der Waals surface area contributed by atoms with Crippen molar-refractivity contribution >= 4 is 23.1 Å². The van der Waals surface area contributed by atoms with Crippen molar-refractivity contribution in [3.8, 4) is 11.5 Å².